The average molecular weight is 394 g/mol. The molecule has 1 aromatic carbocycles. The summed E-state index contributed by atoms with van der Waals surface area (Å²) in [4.78, 5) is 20.1. The number of benzene rings is 1. The summed E-state index contributed by atoms with van der Waals surface area (Å²) < 4.78 is 0. The molecule has 1 N–H and O–H groups in total. The molecule has 140 valence electrons. The quantitative estimate of drug-likeness (QED) is 0.808. The lowest BCUT2D eigenvalue weighted by atomic mass is 10.1. The smallest absolute Gasteiger partial charge is 0.317 e. The second kappa shape index (κ2) is 8.95. The monoisotopic (exact) mass is 393 g/mol. The van der Waals surface area contributed by atoms with E-state index in [1.165, 1.54) is 0 Å². The fourth-order valence-corrected chi connectivity index (χ4v) is 4.52. The summed E-state index contributed by atoms with van der Waals surface area (Å²) in [5, 5.41) is 12.9. The van der Waals surface area contributed by atoms with Crippen molar-refractivity contribution in [3.05, 3.63) is 39.7 Å². The summed E-state index contributed by atoms with van der Waals surface area (Å²) in [5.74, 6) is -0.761. The van der Waals surface area contributed by atoms with Crippen LogP contribution in [0.3, 0.4) is 0 Å². The zero-order valence-electron chi connectivity index (χ0n) is 14.9. The molecular formula is C19H24ClN3O2S. The molecule has 0 aliphatic carbocycles. The first kappa shape index (κ1) is 19.3. The van der Waals surface area contributed by atoms with Crippen molar-refractivity contribution in [1.29, 1.82) is 0 Å². The number of rotatable bonds is 6. The molecule has 0 radical (unpaired) electrons. The first-order chi connectivity index (χ1) is 12.5. The molecule has 2 heterocycles. The van der Waals surface area contributed by atoms with Crippen LogP contribution in [-0.4, -0.2) is 58.6 Å². The number of likely N-dealkylation sites (tertiary alicyclic amines) is 1. The van der Waals surface area contributed by atoms with Gasteiger partial charge in [0.05, 0.1) is 18.8 Å². The van der Waals surface area contributed by atoms with Crippen LogP contribution in [0, 0.1) is 0 Å². The van der Waals surface area contributed by atoms with E-state index in [0.717, 1.165) is 60.2 Å². The van der Waals surface area contributed by atoms with E-state index in [2.05, 4.69) is 10.3 Å². The normalized spacial score (nSPS) is 18.8. The number of hydrogen-bond donors (Lipinski definition) is 1. The van der Waals surface area contributed by atoms with Gasteiger partial charge in [-0.05, 0) is 38.9 Å². The molecule has 1 aliphatic rings. The number of nitrogens with zero attached hydrogens (tertiary/aromatic N) is 3. The molecule has 1 aliphatic heterocycles. The van der Waals surface area contributed by atoms with E-state index in [-0.39, 0.29) is 6.54 Å². The van der Waals surface area contributed by atoms with Gasteiger partial charge in [-0.3, -0.25) is 14.6 Å². The largest absolute Gasteiger partial charge is 0.480 e. The van der Waals surface area contributed by atoms with Crippen molar-refractivity contribution in [2.75, 3.05) is 26.7 Å². The van der Waals surface area contributed by atoms with Gasteiger partial charge in [0.15, 0.2) is 0 Å². The number of aromatic nitrogens is 1. The highest BCUT2D eigenvalue weighted by atomic mass is 35.5. The second-order valence-electron chi connectivity index (χ2n) is 6.78. The predicted octanol–water partition coefficient (Wildman–Crippen LogP) is 3.83. The molecule has 7 heteroatoms. The summed E-state index contributed by atoms with van der Waals surface area (Å²) in [5.41, 5.74) is 1.91. The average Bonchev–Trinajstić information content (AvgIpc) is 2.92. The van der Waals surface area contributed by atoms with Gasteiger partial charge >= 0.3 is 5.97 Å². The summed E-state index contributed by atoms with van der Waals surface area (Å²) >= 11 is 7.94. The first-order valence-corrected chi connectivity index (χ1v) is 10.1. The van der Waals surface area contributed by atoms with E-state index < -0.39 is 5.97 Å². The van der Waals surface area contributed by atoms with Crippen molar-refractivity contribution in [2.24, 2.45) is 0 Å². The Labute approximate surface area is 163 Å². The molecule has 0 saturated carbocycles. The van der Waals surface area contributed by atoms with Crippen molar-refractivity contribution < 1.29 is 9.90 Å². The van der Waals surface area contributed by atoms with Gasteiger partial charge in [-0.25, -0.2) is 4.98 Å². The van der Waals surface area contributed by atoms with Crippen LogP contribution in [0.5, 0.6) is 0 Å². The van der Waals surface area contributed by atoms with Crippen molar-refractivity contribution >= 4 is 28.9 Å². The number of carbonyl (C=O) groups is 1. The fraction of sp³-hybridized carbons (Fsp3) is 0.474. The summed E-state index contributed by atoms with van der Waals surface area (Å²) in [6.07, 6.45) is 3.12. The standard InChI is InChI=1S/C19H24ClN3O2S/c1-22(12-19(24)25)14-5-4-9-23(10-8-14)11-18-21-17(13-26-18)15-6-2-3-7-16(15)20/h2-3,6-7,13-14H,4-5,8-12H2,1H3,(H,24,25). The lowest BCUT2D eigenvalue weighted by Gasteiger charge is -2.25. The fourth-order valence-electron chi connectivity index (χ4n) is 3.45. The van der Waals surface area contributed by atoms with E-state index >= 15 is 0 Å². The van der Waals surface area contributed by atoms with E-state index in [0.29, 0.717) is 6.04 Å². The van der Waals surface area contributed by atoms with E-state index in [4.69, 9.17) is 21.7 Å². The molecule has 1 unspecified atom stereocenters. The Morgan fingerprint density at radius 1 is 1.38 bits per heavy atom. The third-order valence-electron chi connectivity index (χ3n) is 4.86. The maximum absolute atomic E-state index is 10.9. The number of likely N-dealkylation sites (N-methyl/N-ethyl adjacent to an activating group) is 1. The van der Waals surface area contributed by atoms with Crippen LogP contribution in [0.15, 0.2) is 29.6 Å². The zero-order valence-corrected chi connectivity index (χ0v) is 16.5. The molecule has 0 bridgehead atoms. The van der Waals surface area contributed by atoms with Crippen molar-refractivity contribution in [2.45, 2.75) is 31.8 Å². The number of carboxylic acids is 1. The van der Waals surface area contributed by atoms with Crippen molar-refractivity contribution in [1.82, 2.24) is 14.8 Å². The van der Waals surface area contributed by atoms with E-state index in [1.807, 2.05) is 36.2 Å². The van der Waals surface area contributed by atoms with Crippen molar-refractivity contribution in [3.63, 3.8) is 0 Å². The highest BCUT2D eigenvalue weighted by Crippen LogP contribution is 2.29. The number of halogens is 1. The molecule has 1 fully saturated rings. The van der Waals surface area contributed by atoms with Gasteiger partial charge in [-0.15, -0.1) is 11.3 Å². The molecule has 26 heavy (non-hydrogen) atoms. The zero-order chi connectivity index (χ0) is 18.5. The summed E-state index contributed by atoms with van der Waals surface area (Å²) in [6, 6.07) is 8.12. The molecule has 1 aromatic heterocycles. The number of aliphatic carboxylic acids is 1. The SMILES string of the molecule is CN(CC(=O)O)C1CCCN(Cc2nc(-c3ccccc3Cl)cs2)CC1. The highest BCUT2D eigenvalue weighted by Gasteiger charge is 2.22. The minimum Gasteiger partial charge on any atom is -0.480 e. The molecule has 2 aromatic rings. The van der Waals surface area contributed by atoms with Gasteiger partial charge in [0.2, 0.25) is 0 Å². The Hall–Kier alpha value is -1.47. The molecule has 0 amide bonds. The maximum atomic E-state index is 10.9. The van der Waals surface area contributed by atoms with Crippen LogP contribution in [0.25, 0.3) is 11.3 Å². The van der Waals surface area contributed by atoms with Gasteiger partial charge in [0, 0.05) is 28.6 Å². The van der Waals surface area contributed by atoms with Crippen molar-refractivity contribution in [3.8, 4) is 11.3 Å². The lowest BCUT2D eigenvalue weighted by molar-refractivity contribution is -0.138. The van der Waals surface area contributed by atoms with Crippen LogP contribution < -0.4 is 0 Å². The number of hydrogen-bond acceptors (Lipinski definition) is 5. The minimum atomic E-state index is -0.761. The Bertz CT molecular complexity index is 752. The van der Waals surface area contributed by atoms with Gasteiger partial charge in [0.1, 0.15) is 5.01 Å². The van der Waals surface area contributed by atoms with Gasteiger partial charge < -0.3 is 5.11 Å². The molecule has 1 saturated heterocycles. The van der Waals surface area contributed by atoms with Gasteiger partial charge in [-0.2, -0.15) is 0 Å². The predicted molar refractivity (Wildman–Crippen MR) is 106 cm³/mol. The van der Waals surface area contributed by atoms with Gasteiger partial charge in [-0.1, -0.05) is 29.8 Å². The first-order valence-electron chi connectivity index (χ1n) is 8.86. The van der Waals surface area contributed by atoms with Gasteiger partial charge in [0.25, 0.3) is 0 Å². The maximum Gasteiger partial charge on any atom is 0.317 e. The highest BCUT2D eigenvalue weighted by molar-refractivity contribution is 7.09. The third kappa shape index (κ3) is 5.04. The molecule has 1 atom stereocenters. The summed E-state index contributed by atoms with van der Waals surface area (Å²) in [7, 11) is 1.91. The molecular weight excluding hydrogens is 370 g/mol. The Morgan fingerprint density at radius 2 is 2.19 bits per heavy atom. The minimum absolute atomic E-state index is 0.109. The molecule has 0 spiro atoms. The third-order valence-corrected chi connectivity index (χ3v) is 6.02. The topological polar surface area (TPSA) is 56.7 Å². The van der Waals surface area contributed by atoms with Crippen LogP contribution in [0.2, 0.25) is 5.02 Å². The van der Waals surface area contributed by atoms with Crippen LogP contribution in [0.1, 0.15) is 24.3 Å². The summed E-state index contributed by atoms with van der Waals surface area (Å²) in [6.45, 7) is 2.94. The van der Waals surface area contributed by atoms with Crippen LogP contribution >= 0.6 is 22.9 Å². The van der Waals surface area contributed by atoms with Crippen LogP contribution in [-0.2, 0) is 11.3 Å². The number of thiazole rings is 1. The Kier molecular flexibility index (Phi) is 6.64. The lowest BCUT2D eigenvalue weighted by Crippen LogP contribution is -2.36. The molecule has 3 rings (SSSR count). The van der Waals surface area contributed by atoms with E-state index in [9.17, 15) is 4.79 Å². The van der Waals surface area contributed by atoms with E-state index in [1.54, 1.807) is 11.3 Å². The second-order valence-corrected chi connectivity index (χ2v) is 8.13. The number of carboxylic acid groups (broad SMARTS) is 1. The van der Waals surface area contributed by atoms with Crippen LogP contribution in [0.4, 0.5) is 0 Å². The Balaban J connectivity index is 1.58. The Morgan fingerprint density at radius 3 is 2.96 bits per heavy atom. The molecule has 5 nitrogen and oxygen atoms in total.